The molecule has 0 N–H and O–H groups in total. The van der Waals surface area contributed by atoms with E-state index in [1.54, 1.807) is 16.4 Å². The first-order valence-corrected chi connectivity index (χ1v) is 11.4. The molecule has 3 unspecified atom stereocenters. The van der Waals surface area contributed by atoms with Crippen LogP contribution in [0.15, 0.2) is 59.5 Å². The molecule has 4 nitrogen and oxygen atoms in total. The zero-order chi connectivity index (χ0) is 18.4. The van der Waals surface area contributed by atoms with E-state index in [9.17, 15) is 8.42 Å². The van der Waals surface area contributed by atoms with Crippen LogP contribution in [0.25, 0.3) is 10.8 Å². The molecular formula is C22H26N2O2S. The van der Waals surface area contributed by atoms with Gasteiger partial charge in [0.05, 0.1) is 4.90 Å². The van der Waals surface area contributed by atoms with Crippen molar-refractivity contribution in [3.63, 3.8) is 0 Å². The van der Waals surface area contributed by atoms with Crippen molar-refractivity contribution in [3.05, 3.63) is 54.6 Å². The van der Waals surface area contributed by atoms with E-state index in [-0.39, 0.29) is 0 Å². The molecule has 3 atom stereocenters. The molecule has 2 bridgehead atoms. The topological polar surface area (TPSA) is 40.6 Å². The standard InChI is InChI=1S/C22H26N2O2S/c25-27(26,22-8-7-18-3-1-2-4-19(18)15-22)24-11-9-23(10-12-24)16-21-14-17-5-6-20(21)13-17/h1-8,15,17,20-21H,9-14,16H2. The molecule has 1 heterocycles. The minimum atomic E-state index is -3.42. The second-order valence-corrected chi connectivity index (χ2v) is 10.2. The quantitative estimate of drug-likeness (QED) is 0.762. The second kappa shape index (κ2) is 6.73. The van der Waals surface area contributed by atoms with Gasteiger partial charge in [-0.15, -0.1) is 0 Å². The van der Waals surface area contributed by atoms with Crippen LogP contribution in [0, 0.1) is 17.8 Å². The smallest absolute Gasteiger partial charge is 0.243 e. The summed E-state index contributed by atoms with van der Waals surface area (Å²) in [6.45, 7) is 3.97. The highest BCUT2D eigenvalue weighted by atomic mass is 32.2. The van der Waals surface area contributed by atoms with E-state index in [4.69, 9.17) is 0 Å². The number of sulfonamides is 1. The maximum Gasteiger partial charge on any atom is 0.243 e. The summed E-state index contributed by atoms with van der Waals surface area (Å²) in [6, 6.07) is 13.3. The number of rotatable bonds is 4. The number of hydrogen-bond donors (Lipinski definition) is 0. The molecule has 142 valence electrons. The van der Waals surface area contributed by atoms with Gasteiger partial charge in [0.15, 0.2) is 0 Å². The molecule has 2 fully saturated rings. The third kappa shape index (κ3) is 3.22. The predicted molar refractivity (Wildman–Crippen MR) is 108 cm³/mol. The fourth-order valence-corrected chi connectivity index (χ4v) is 6.52. The highest BCUT2D eigenvalue weighted by molar-refractivity contribution is 7.89. The van der Waals surface area contributed by atoms with Crippen LogP contribution in [0.4, 0.5) is 0 Å². The third-order valence-electron chi connectivity index (χ3n) is 6.60. The zero-order valence-electron chi connectivity index (χ0n) is 15.5. The summed E-state index contributed by atoms with van der Waals surface area (Å²) < 4.78 is 27.8. The van der Waals surface area contributed by atoms with Crippen LogP contribution in [-0.4, -0.2) is 50.3 Å². The van der Waals surface area contributed by atoms with Crippen LogP contribution in [0.3, 0.4) is 0 Å². The van der Waals surface area contributed by atoms with Gasteiger partial charge in [-0.25, -0.2) is 8.42 Å². The fourth-order valence-electron chi connectivity index (χ4n) is 5.07. The molecule has 5 heteroatoms. The van der Waals surface area contributed by atoms with Crippen molar-refractivity contribution >= 4 is 20.8 Å². The molecule has 2 aromatic carbocycles. The lowest BCUT2D eigenvalue weighted by Gasteiger charge is -2.36. The van der Waals surface area contributed by atoms with Crippen molar-refractivity contribution in [2.24, 2.45) is 17.8 Å². The maximum atomic E-state index is 13.1. The summed E-state index contributed by atoms with van der Waals surface area (Å²) in [5.41, 5.74) is 0. The second-order valence-electron chi connectivity index (χ2n) is 8.25. The number of hydrogen-bond acceptors (Lipinski definition) is 3. The van der Waals surface area contributed by atoms with Gasteiger partial charge in [0.2, 0.25) is 10.0 Å². The lowest BCUT2D eigenvalue weighted by Crippen LogP contribution is -2.49. The molecule has 0 spiro atoms. The Morgan fingerprint density at radius 2 is 1.67 bits per heavy atom. The number of fused-ring (bicyclic) bond motifs is 3. The van der Waals surface area contributed by atoms with Crippen molar-refractivity contribution in [3.8, 4) is 0 Å². The predicted octanol–water partition coefficient (Wildman–Crippen LogP) is 3.36. The third-order valence-corrected chi connectivity index (χ3v) is 8.49. The van der Waals surface area contributed by atoms with Gasteiger partial charge in [0.1, 0.15) is 0 Å². The molecule has 0 amide bonds. The molecule has 1 aliphatic heterocycles. The highest BCUT2D eigenvalue weighted by Gasteiger charge is 2.37. The van der Waals surface area contributed by atoms with Gasteiger partial charge in [0, 0.05) is 32.7 Å². The summed E-state index contributed by atoms with van der Waals surface area (Å²) in [5.74, 6) is 2.33. The van der Waals surface area contributed by atoms with Crippen molar-refractivity contribution in [1.29, 1.82) is 0 Å². The van der Waals surface area contributed by atoms with Gasteiger partial charge in [0.25, 0.3) is 0 Å². The molecule has 1 saturated heterocycles. The highest BCUT2D eigenvalue weighted by Crippen LogP contribution is 2.43. The largest absolute Gasteiger partial charge is 0.300 e. The molecular weight excluding hydrogens is 356 g/mol. The summed E-state index contributed by atoms with van der Waals surface area (Å²) in [7, 11) is -3.42. The van der Waals surface area contributed by atoms with Gasteiger partial charge < -0.3 is 4.90 Å². The van der Waals surface area contributed by atoms with Crippen LogP contribution < -0.4 is 0 Å². The van der Waals surface area contributed by atoms with Crippen LogP contribution in [-0.2, 0) is 10.0 Å². The molecule has 3 aliphatic rings. The summed E-state index contributed by atoms with van der Waals surface area (Å²) in [5, 5.41) is 2.04. The Hall–Kier alpha value is -1.69. The van der Waals surface area contributed by atoms with Gasteiger partial charge in [-0.05, 0) is 53.5 Å². The van der Waals surface area contributed by atoms with E-state index < -0.39 is 10.0 Å². The van der Waals surface area contributed by atoms with Crippen LogP contribution in [0.5, 0.6) is 0 Å². The first-order valence-electron chi connectivity index (χ1n) is 9.99. The average molecular weight is 383 g/mol. The molecule has 2 aliphatic carbocycles. The monoisotopic (exact) mass is 382 g/mol. The van der Waals surface area contributed by atoms with E-state index in [1.165, 1.54) is 12.8 Å². The van der Waals surface area contributed by atoms with Gasteiger partial charge in [-0.2, -0.15) is 4.31 Å². The lowest BCUT2D eigenvalue weighted by atomic mass is 9.93. The van der Waals surface area contributed by atoms with Crippen LogP contribution in [0.2, 0.25) is 0 Å². The maximum absolute atomic E-state index is 13.1. The van der Waals surface area contributed by atoms with E-state index in [2.05, 4.69) is 17.1 Å². The SMILES string of the molecule is O=S(=O)(c1ccc2ccccc2c1)N1CCN(CC2CC3C=CC2C3)CC1. The Morgan fingerprint density at radius 3 is 2.37 bits per heavy atom. The summed E-state index contributed by atoms with van der Waals surface area (Å²) >= 11 is 0. The molecule has 5 rings (SSSR count). The normalized spacial score (nSPS) is 29.0. The van der Waals surface area contributed by atoms with Crippen molar-refractivity contribution < 1.29 is 8.42 Å². The minimum Gasteiger partial charge on any atom is -0.300 e. The average Bonchev–Trinajstić information content (AvgIpc) is 3.31. The van der Waals surface area contributed by atoms with Gasteiger partial charge >= 0.3 is 0 Å². The van der Waals surface area contributed by atoms with E-state index in [0.29, 0.717) is 18.0 Å². The minimum absolute atomic E-state index is 0.410. The Labute approximate surface area is 161 Å². The molecule has 0 radical (unpaired) electrons. The summed E-state index contributed by atoms with van der Waals surface area (Å²) in [6.07, 6.45) is 7.44. The van der Waals surface area contributed by atoms with E-state index in [1.807, 2.05) is 30.3 Å². The van der Waals surface area contributed by atoms with E-state index in [0.717, 1.165) is 48.2 Å². The number of nitrogens with zero attached hydrogens (tertiary/aromatic N) is 2. The first kappa shape index (κ1) is 17.4. The van der Waals surface area contributed by atoms with Gasteiger partial charge in [-0.3, -0.25) is 0 Å². The Bertz CT molecular complexity index is 977. The Balaban J connectivity index is 1.25. The van der Waals surface area contributed by atoms with Crippen molar-refractivity contribution in [2.45, 2.75) is 17.7 Å². The zero-order valence-corrected chi connectivity index (χ0v) is 16.3. The number of piperazine rings is 1. The molecule has 2 aromatic rings. The Kier molecular flexibility index (Phi) is 4.34. The van der Waals surface area contributed by atoms with Crippen molar-refractivity contribution in [1.82, 2.24) is 9.21 Å². The molecule has 0 aromatic heterocycles. The number of allylic oxidation sites excluding steroid dienone is 2. The summed E-state index contributed by atoms with van der Waals surface area (Å²) in [4.78, 5) is 2.87. The fraction of sp³-hybridized carbons (Fsp3) is 0.455. The Morgan fingerprint density at radius 1 is 0.889 bits per heavy atom. The van der Waals surface area contributed by atoms with Crippen LogP contribution in [0.1, 0.15) is 12.8 Å². The lowest BCUT2D eigenvalue weighted by molar-refractivity contribution is 0.156. The first-order chi connectivity index (χ1) is 13.1. The molecule has 1 saturated carbocycles. The number of benzene rings is 2. The van der Waals surface area contributed by atoms with Gasteiger partial charge in [-0.1, -0.05) is 42.5 Å². The van der Waals surface area contributed by atoms with Crippen LogP contribution >= 0.6 is 0 Å². The van der Waals surface area contributed by atoms with E-state index >= 15 is 0 Å². The molecule has 27 heavy (non-hydrogen) atoms. The van der Waals surface area contributed by atoms with Crippen molar-refractivity contribution in [2.75, 3.05) is 32.7 Å².